The van der Waals surface area contributed by atoms with E-state index in [0.717, 1.165) is 19.6 Å². The molecule has 0 aliphatic heterocycles. The summed E-state index contributed by atoms with van der Waals surface area (Å²) >= 11 is 0. The quantitative estimate of drug-likeness (QED) is 0.177. The molecule has 0 aromatic carbocycles. The Hall–Kier alpha value is -0.0400. The van der Waals surface area contributed by atoms with E-state index in [0.29, 0.717) is 0 Å². The van der Waals surface area contributed by atoms with Crippen LogP contribution in [0.5, 0.6) is 0 Å². The highest BCUT2D eigenvalue weighted by atomic mass is 16.5. The fourth-order valence-corrected chi connectivity index (χ4v) is 3.38. The van der Waals surface area contributed by atoms with Crippen molar-refractivity contribution in [2.24, 2.45) is 0 Å². The Morgan fingerprint density at radius 2 is 0.760 bits per heavy atom. The highest BCUT2D eigenvalue weighted by Gasteiger charge is 1.95. The van der Waals surface area contributed by atoms with Gasteiger partial charge in [-0.3, -0.25) is 0 Å². The fraction of sp³-hybridized carbons (Fsp3) is 0.958. The maximum absolute atomic E-state index is 5.60. The van der Waals surface area contributed by atoms with Crippen molar-refractivity contribution in [2.75, 3.05) is 13.2 Å². The van der Waals surface area contributed by atoms with Gasteiger partial charge in [0.2, 0.25) is 0 Å². The lowest BCUT2D eigenvalue weighted by Crippen LogP contribution is -1.96. The van der Waals surface area contributed by atoms with E-state index in [9.17, 15) is 0 Å². The number of unbranched alkanes of at least 4 members (excludes halogenated alkanes) is 18. The molecule has 0 aliphatic rings. The zero-order valence-electron chi connectivity index (χ0n) is 17.7. The van der Waals surface area contributed by atoms with Gasteiger partial charge in [-0.1, -0.05) is 129 Å². The average molecular weight is 354 g/mol. The fourth-order valence-electron chi connectivity index (χ4n) is 3.38. The number of hydrogen-bond donors (Lipinski definition) is 0. The predicted molar refractivity (Wildman–Crippen MR) is 114 cm³/mol. The second-order valence-corrected chi connectivity index (χ2v) is 7.83. The van der Waals surface area contributed by atoms with Gasteiger partial charge in [0, 0.05) is 13.2 Å². The molecular weight excluding hydrogens is 304 g/mol. The van der Waals surface area contributed by atoms with Crippen LogP contribution < -0.4 is 0 Å². The van der Waals surface area contributed by atoms with Crippen molar-refractivity contribution < 1.29 is 4.74 Å². The van der Waals surface area contributed by atoms with E-state index in [4.69, 9.17) is 4.74 Å². The van der Waals surface area contributed by atoms with E-state index >= 15 is 0 Å². The third kappa shape index (κ3) is 24.0. The first-order chi connectivity index (χ1) is 12.4. The van der Waals surface area contributed by atoms with Crippen LogP contribution in [0, 0.1) is 6.92 Å². The summed E-state index contributed by atoms with van der Waals surface area (Å²) in [5.41, 5.74) is 0. The molecule has 1 heteroatoms. The Morgan fingerprint density at radius 1 is 0.440 bits per heavy atom. The second-order valence-electron chi connectivity index (χ2n) is 7.83. The van der Waals surface area contributed by atoms with E-state index in [2.05, 4.69) is 13.8 Å². The lowest BCUT2D eigenvalue weighted by atomic mass is 10.0. The van der Waals surface area contributed by atoms with Crippen molar-refractivity contribution >= 4 is 0 Å². The molecular formula is C24H49O. The first-order valence-electron chi connectivity index (χ1n) is 11.8. The van der Waals surface area contributed by atoms with E-state index in [1.807, 2.05) is 0 Å². The SMILES string of the molecule is [CH2]CCCCCCCCCCCCCCCCCCCOCCCC. The lowest BCUT2D eigenvalue weighted by molar-refractivity contribution is 0.127. The molecule has 0 unspecified atom stereocenters. The molecule has 0 spiro atoms. The minimum absolute atomic E-state index is 0.966. The van der Waals surface area contributed by atoms with Gasteiger partial charge < -0.3 is 4.74 Å². The molecule has 0 atom stereocenters. The number of hydrogen-bond acceptors (Lipinski definition) is 1. The van der Waals surface area contributed by atoms with E-state index < -0.39 is 0 Å². The molecule has 0 aromatic heterocycles. The lowest BCUT2D eigenvalue weighted by Gasteiger charge is -2.04. The maximum atomic E-state index is 5.60. The summed E-state index contributed by atoms with van der Waals surface area (Å²) in [5.74, 6) is 0. The van der Waals surface area contributed by atoms with E-state index in [1.165, 1.54) is 122 Å². The Labute approximate surface area is 160 Å². The third-order valence-corrected chi connectivity index (χ3v) is 5.18. The van der Waals surface area contributed by atoms with E-state index in [-0.39, 0.29) is 0 Å². The van der Waals surface area contributed by atoms with Gasteiger partial charge in [0.1, 0.15) is 0 Å². The van der Waals surface area contributed by atoms with Gasteiger partial charge in [0.05, 0.1) is 0 Å². The van der Waals surface area contributed by atoms with Crippen LogP contribution in [-0.2, 0) is 4.74 Å². The smallest absolute Gasteiger partial charge is 0.0466 e. The molecule has 0 aliphatic carbocycles. The molecule has 0 aromatic rings. The maximum Gasteiger partial charge on any atom is 0.0466 e. The zero-order valence-corrected chi connectivity index (χ0v) is 17.7. The number of ether oxygens (including phenoxy) is 1. The van der Waals surface area contributed by atoms with Crippen LogP contribution in [0.4, 0.5) is 0 Å². The van der Waals surface area contributed by atoms with Crippen molar-refractivity contribution in [3.63, 3.8) is 0 Å². The molecule has 0 heterocycles. The van der Waals surface area contributed by atoms with Crippen LogP contribution in [-0.4, -0.2) is 13.2 Å². The summed E-state index contributed by atoms with van der Waals surface area (Å²) in [6.45, 7) is 8.07. The predicted octanol–water partition coefficient (Wildman–Crippen LogP) is 8.66. The minimum Gasteiger partial charge on any atom is -0.381 e. The largest absolute Gasteiger partial charge is 0.381 e. The van der Waals surface area contributed by atoms with Crippen molar-refractivity contribution in [2.45, 2.75) is 135 Å². The van der Waals surface area contributed by atoms with Gasteiger partial charge in [0.25, 0.3) is 0 Å². The van der Waals surface area contributed by atoms with Gasteiger partial charge in [0.15, 0.2) is 0 Å². The Bertz CT molecular complexity index is 192. The first-order valence-corrected chi connectivity index (χ1v) is 11.8. The number of rotatable bonds is 22. The van der Waals surface area contributed by atoms with Gasteiger partial charge >= 0.3 is 0 Å². The van der Waals surface area contributed by atoms with Gasteiger partial charge in [-0.25, -0.2) is 0 Å². The molecule has 1 nitrogen and oxygen atoms in total. The topological polar surface area (TPSA) is 9.23 Å². The summed E-state index contributed by atoms with van der Waals surface area (Å²) < 4.78 is 5.60. The molecule has 0 rings (SSSR count). The second kappa shape index (κ2) is 24.0. The summed E-state index contributed by atoms with van der Waals surface area (Å²) in [6, 6.07) is 0. The van der Waals surface area contributed by atoms with Crippen LogP contribution in [0.1, 0.15) is 135 Å². The normalized spacial score (nSPS) is 11.3. The molecule has 0 bridgehead atoms. The van der Waals surface area contributed by atoms with Crippen molar-refractivity contribution in [3.05, 3.63) is 6.92 Å². The summed E-state index contributed by atoms with van der Waals surface area (Å²) in [6.07, 6.45) is 27.8. The van der Waals surface area contributed by atoms with Gasteiger partial charge in [-0.2, -0.15) is 0 Å². The van der Waals surface area contributed by atoms with Crippen LogP contribution in [0.2, 0.25) is 0 Å². The molecule has 0 fully saturated rings. The highest BCUT2D eigenvalue weighted by Crippen LogP contribution is 2.14. The standard InChI is InChI=1S/C24H49O/c1-3-5-7-8-9-10-11-12-13-14-15-16-17-18-19-20-21-22-24-25-23-6-4-2/h1,3-24H2,2H3. The van der Waals surface area contributed by atoms with Crippen molar-refractivity contribution in [1.82, 2.24) is 0 Å². The molecule has 1 radical (unpaired) electrons. The minimum atomic E-state index is 0.966. The summed E-state index contributed by atoms with van der Waals surface area (Å²) in [4.78, 5) is 0. The first kappa shape index (κ1) is 25.0. The monoisotopic (exact) mass is 353 g/mol. The van der Waals surface area contributed by atoms with Crippen LogP contribution in [0.15, 0.2) is 0 Å². The van der Waals surface area contributed by atoms with Gasteiger partial charge in [-0.05, 0) is 12.8 Å². The molecule has 0 N–H and O–H groups in total. The molecule has 0 saturated carbocycles. The van der Waals surface area contributed by atoms with Crippen molar-refractivity contribution in [1.29, 1.82) is 0 Å². The van der Waals surface area contributed by atoms with Crippen LogP contribution in [0.3, 0.4) is 0 Å². The van der Waals surface area contributed by atoms with Gasteiger partial charge in [-0.15, -0.1) is 0 Å². The molecule has 0 saturated heterocycles. The zero-order chi connectivity index (χ0) is 18.3. The Balaban J connectivity index is 2.94. The van der Waals surface area contributed by atoms with Crippen molar-refractivity contribution in [3.8, 4) is 0 Å². The average Bonchev–Trinajstić information content (AvgIpc) is 2.63. The van der Waals surface area contributed by atoms with Crippen LogP contribution in [0.25, 0.3) is 0 Å². The van der Waals surface area contributed by atoms with Crippen LogP contribution >= 0.6 is 0 Å². The Morgan fingerprint density at radius 3 is 1.12 bits per heavy atom. The Kier molecular flexibility index (Phi) is 23.9. The summed E-state index contributed by atoms with van der Waals surface area (Å²) in [7, 11) is 0. The van der Waals surface area contributed by atoms with E-state index in [1.54, 1.807) is 0 Å². The highest BCUT2D eigenvalue weighted by molar-refractivity contribution is 4.51. The molecule has 0 amide bonds. The molecule has 25 heavy (non-hydrogen) atoms. The summed E-state index contributed by atoms with van der Waals surface area (Å²) in [5, 5.41) is 0. The molecule has 151 valence electrons. The third-order valence-electron chi connectivity index (χ3n) is 5.18.